The summed E-state index contributed by atoms with van der Waals surface area (Å²) < 4.78 is 0. The predicted molar refractivity (Wildman–Crippen MR) is 80.5 cm³/mol. The van der Waals surface area contributed by atoms with Crippen molar-refractivity contribution in [3.05, 3.63) is 0 Å². The smallest absolute Gasteiger partial charge is 0.225 e. The van der Waals surface area contributed by atoms with Crippen molar-refractivity contribution in [2.75, 3.05) is 33.7 Å². The summed E-state index contributed by atoms with van der Waals surface area (Å²) in [6.07, 6.45) is 1.16. The number of likely N-dealkylation sites (N-methyl/N-ethyl adjacent to an activating group) is 2. The Balaban J connectivity index is 0. The van der Waals surface area contributed by atoms with Gasteiger partial charge in [-0.3, -0.25) is 9.59 Å². The molecule has 0 aromatic carbocycles. The first-order valence-electron chi connectivity index (χ1n) is 6.46. The second kappa shape index (κ2) is 10.0. The number of halogens is 1. The number of nitrogens with zero attached hydrogens (tertiary/aromatic N) is 1. The average molecular weight is 294 g/mol. The van der Waals surface area contributed by atoms with E-state index in [1.54, 1.807) is 11.9 Å². The van der Waals surface area contributed by atoms with Gasteiger partial charge in [-0.1, -0.05) is 20.8 Å². The van der Waals surface area contributed by atoms with E-state index >= 15 is 0 Å². The van der Waals surface area contributed by atoms with Crippen LogP contribution in [0.15, 0.2) is 0 Å². The Morgan fingerprint density at radius 3 is 2.21 bits per heavy atom. The number of carbonyl (C=O) groups is 2. The normalized spacial score (nSPS) is 10.6. The summed E-state index contributed by atoms with van der Waals surface area (Å²) in [6, 6.07) is 0. The number of amides is 2. The minimum atomic E-state index is -0.367. The van der Waals surface area contributed by atoms with Gasteiger partial charge < -0.3 is 15.5 Å². The molecular formula is C13H28ClN3O2. The molecular weight excluding hydrogens is 266 g/mol. The van der Waals surface area contributed by atoms with Crippen molar-refractivity contribution in [3.8, 4) is 0 Å². The van der Waals surface area contributed by atoms with Gasteiger partial charge in [-0.25, -0.2) is 0 Å². The Bertz CT molecular complexity index is 278. The van der Waals surface area contributed by atoms with Crippen molar-refractivity contribution >= 4 is 24.2 Å². The predicted octanol–water partition coefficient (Wildman–Crippen LogP) is 1.03. The molecule has 0 aromatic heterocycles. The molecule has 0 rings (SSSR count). The standard InChI is InChI=1S/C13H27N3O2.ClH/c1-13(2,3)12(18)15-8-6-7-11(17)16(5)10-9-14-4;/h14H,6-10H2,1-5H3,(H,15,18);1H. The zero-order valence-corrected chi connectivity index (χ0v) is 13.5. The van der Waals surface area contributed by atoms with Gasteiger partial charge in [-0.15, -0.1) is 12.4 Å². The van der Waals surface area contributed by atoms with Crippen LogP contribution in [0.25, 0.3) is 0 Å². The van der Waals surface area contributed by atoms with Gasteiger partial charge in [0.1, 0.15) is 0 Å². The number of hydrogen-bond donors (Lipinski definition) is 2. The highest BCUT2D eigenvalue weighted by atomic mass is 35.5. The molecule has 0 radical (unpaired) electrons. The second-order valence-electron chi connectivity index (χ2n) is 5.53. The van der Waals surface area contributed by atoms with Gasteiger partial charge >= 0.3 is 0 Å². The van der Waals surface area contributed by atoms with E-state index in [2.05, 4.69) is 10.6 Å². The Hall–Kier alpha value is -0.810. The van der Waals surface area contributed by atoms with Crippen LogP contribution < -0.4 is 10.6 Å². The summed E-state index contributed by atoms with van der Waals surface area (Å²) in [5.41, 5.74) is -0.367. The monoisotopic (exact) mass is 293 g/mol. The van der Waals surface area contributed by atoms with Gasteiger partial charge in [0.25, 0.3) is 0 Å². The summed E-state index contributed by atoms with van der Waals surface area (Å²) in [5.74, 6) is 0.147. The SMILES string of the molecule is CNCCN(C)C(=O)CCCNC(=O)C(C)(C)C.Cl. The Labute approximate surface area is 122 Å². The molecule has 0 aliphatic carbocycles. The topological polar surface area (TPSA) is 61.4 Å². The maximum atomic E-state index is 11.7. The molecule has 2 amide bonds. The van der Waals surface area contributed by atoms with Crippen LogP contribution in [0, 0.1) is 5.41 Å². The molecule has 0 bridgehead atoms. The van der Waals surface area contributed by atoms with E-state index in [1.807, 2.05) is 27.8 Å². The minimum Gasteiger partial charge on any atom is -0.356 e. The summed E-state index contributed by atoms with van der Waals surface area (Å²) in [6.45, 7) is 7.69. The summed E-state index contributed by atoms with van der Waals surface area (Å²) in [4.78, 5) is 25.0. The number of rotatable bonds is 7. The molecule has 0 aromatic rings. The Kier molecular flexibility index (Phi) is 10.8. The molecule has 0 saturated heterocycles. The Morgan fingerprint density at radius 2 is 1.74 bits per heavy atom. The van der Waals surface area contributed by atoms with Gasteiger partial charge in [0.05, 0.1) is 0 Å². The third kappa shape index (κ3) is 9.73. The average Bonchev–Trinajstić information content (AvgIpc) is 2.29. The maximum absolute atomic E-state index is 11.7. The van der Waals surface area contributed by atoms with Crippen LogP contribution >= 0.6 is 12.4 Å². The van der Waals surface area contributed by atoms with E-state index < -0.39 is 0 Å². The molecule has 6 heteroatoms. The second-order valence-corrected chi connectivity index (χ2v) is 5.53. The fourth-order valence-corrected chi connectivity index (χ4v) is 1.30. The highest BCUT2D eigenvalue weighted by molar-refractivity contribution is 5.85. The molecule has 0 spiro atoms. The molecule has 0 unspecified atom stereocenters. The zero-order chi connectivity index (χ0) is 14.2. The summed E-state index contributed by atoms with van der Waals surface area (Å²) in [7, 11) is 3.66. The van der Waals surface area contributed by atoms with E-state index in [0.29, 0.717) is 25.9 Å². The van der Waals surface area contributed by atoms with Crippen molar-refractivity contribution in [1.29, 1.82) is 0 Å². The maximum Gasteiger partial charge on any atom is 0.225 e. The Morgan fingerprint density at radius 1 is 1.16 bits per heavy atom. The summed E-state index contributed by atoms with van der Waals surface area (Å²) in [5, 5.41) is 5.84. The van der Waals surface area contributed by atoms with Crippen molar-refractivity contribution in [2.45, 2.75) is 33.6 Å². The molecule has 0 fully saturated rings. The zero-order valence-electron chi connectivity index (χ0n) is 12.7. The van der Waals surface area contributed by atoms with Gasteiger partial charge in [-0.2, -0.15) is 0 Å². The molecule has 114 valence electrons. The molecule has 0 aliphatic heterocycles. The lowest BCUT2D eigenvalue weighted by Crippen LogP contribution is -2.36. The lowest BCUT2D eigenvalue weighted by atomic mass is 9.96. The van der Waals surface area contributed by atoms with E-state index in [1.165, 1.54) is 0 Å². The third-order valence-electron chi connectivity index (χ3n) is 2.66. The molecule has 0 heterocycles. The van der Waals surface area contributed by atoms with Gasteiger partial charge in [0, 0.05) is 38.5 Å². The van der Waals surface area contributed by atoms with Crippen LogP contribution in [0.1, 0.15) is 33.6 Å². The third-order valence-corrected chi connectivity index (χ3v) is 2.66. The summed E-state index contributed by atoms with van der Waals surface area (Å²) >= 11 is 0. The van der Waals surface area contributed by atoms with Crippen molar-refractivity contribution in [1.82, 2.24) is 15.5 Å². The molecule has 5 nitrogen and oxygen atoms in total. The molecule has 2 N–H and O–H groups in total. The van der Waals surface area contributed by atoms with E-state index in [4.69, 9.17) is 0 Å². The van der Waals surface area contributed by atoms with Gasteiger partial charge in [0.2, 0.25) is 11.8 Å². The molecule has 19 heavy (non-hydrogen) atoms. The van der Waals surface area contributed by atoms with Crippen LogP contribution in [0.3, 0.4) is 0 Å². The first-order valence-corrected chi connectivity index (χ1v) is 6.46. The van der Waals surface area contributed by atoms with Crippen LogP contribution in [0.2, 0.25) is 0 Å². The number of carbonyl (C=O) groups excluding carboxylic acids is 2. The van der Waals surface area contributed by atoms with Crippen molar-refractivity contribution < 1.29 is 9.59 Å². The molecule has 0 saturated carbocycles. The van der Waals surface area contributed by atoms with Crippen LogP contribution in [0.5, 0.6) is 0 Å². The fraction of sp³-hybridized carbons (Fsp3) is 0.846. The van der Waals surface area contributed by atoms with Crippen LogP contribution in [-0.4, -0.2) is 50.4 Å². The first kappa shape index (κ1) is 20.5. The highest BCUT2D eigenvalue weighted by Gasteiger charge is 2.20. The fourth-order valence-electron chi connectivity index (χ4n) is 1.30. The van der Waals surface area contributed by atoms with Gasteiger partial charge in [-0.05, 0) is 13.5 Å². The van der Waals surface area contributed by atoms with E-state index in [-0.39, 0.29) is 29.6 Å². The van der Waals surface area contributed by atoms with Gasteiger partial charge in [0.15, 0.2) is 0 Å². The number of hydrogen-bond acceptors (Lipinski definition) is 3. The molecule has 0 atom stereocenters. The van der Waals surface area contributed by atoms with E-state index in [0.717, 1.165) is 6.54 Å². The number of nitrogens with one attached hydrogen (secondary N) is 2. The van der Waals surface area contributed by atoms with Crippen molar-refractivity contribution in [2.24, 2.45) is 5.41 Å². The first-order chi connectivity index (χ1) is 8.29. The van der Waals surface area contributed by atoms with Crippen LogP contribution in [0.4, 0.5) is 0 Å². The lowest BCUT2D eigenvalue weighted by molar-refractivity contribution is -0.131. The largest absolute Gasteiger partial charge is 0.356 e. The lowest BCUT2D eigenvalue weighted by Gasteiger charge is -2.19. The van der Waals surface area contributed by atoms with E-state index in [9.17, 15) is 9.59 Å². The van der Waals surface area contributed by atoms with Crippen LogP contribution in [-0.2, 0) is 9.59 Å². The van der Waals surface area contributed by atoms with Crippen molar-refractivity contribution in [3.63, 3.8) is 0 Å². The molecule has 0 aliphatic rings. The highest BCUT2D eigenvalue weighted by Crippen LogP contribution is 2.12. The quantitative estimate of drug-likeness (QED) is 0.689. The minimum absolute atomic E-state index is 0.